The van der Waals surface area contributed by atoms with E-state index in [-0.39, 0.29) is 23.5 Å². The normalized spacial score (nSPS) is 17.3. The second-order valence-electron chi connectivity index (χ2n) is 6.46. The van der Waals surface area contributed by atoms with Crippen LogP contribution in [0.4, 0.5) is 0 Å². The molecule has 0 amide bonds. The molecule has 1 aliphatic rings. The molecule has 0 spiro atoms. The van der Waals surface area contributed by atoms with Crippen LogP contribution in [0.15, 0.2) is 24.3 Å². The van der Waals surface area contributed by atoms with Crippen LogP contribution in [0.5, 0.6) is 28.7 Å². The van der Waals surface area contributed by atoms with Gasteiger partial charge in [-0.15, -0.1) is 0 Å². The van der Waals surface area contributed by atoms with E-state index in [0.717, 1.165) is 29.7 Å². The molecular weight excluding hydrogens is 334 g/mol. The Morgan fingerprint density at radius 3 is 2.23 bits per heavy atom. The fourth-order valence-corrected chi connectivity index (χ4v) is 3.68. The van der Waals surface area contributed by atoms with E-state index in [1.54, 1.807) is 27.4 Å². The first-order chi connectivity index (χ1) is 12.5. The van der Waals surface area contributed by atoms with Crippen LogP contribution in [0.3, 0.4) is 0 Å². The lowest BCUT2D eigenvalue weighted by molar-refractivity contribution is 0.322. The Balaban J connectivity index is 2.05. The summed E-state index contributed by atoms with van der Waals surface area (Å²) in [6, 6.07) is 6.93. The number of phenolic OH excluding ortho intramolecular Hbond substituents is 2. The van der Waals surface area contributed by atoms with E-state index in [4.69, 9.17) is 14.2 Å². The maximum Gasteiger partial charge on any atom is 0.203 e. The zero-order valence-electron chi connectivity index (χ0n) is 15.5. The highest BCUT2D eigenvalue weighted by atomic mass is 16.5. The molecule has 3 rings (SSSR count). The minimum Gasteiger partial charge on any atom is -0.508 e. The van der Waals surface area contributed by atoms with Crippen molar-refractivity contribution in [1.82, 2.24) is 5.32 Å². The summed E-state index contributed by atoms with van der Waals surface area (Å²) in [5, 5.41) is 23.6. The summed E-state index contributed by atoms with van der Waals surface area (Å²) in [5.41, 5.74) is 2.80. The van der Waals surface area contributed by atoms with Crippen molar-refractivity contribution in [3.05, 3.63) is 41.0 Å². The summed E-state index contributed by atoms with van der Waals surface area (Å²) in [6.07, 6.45) is 0.722. The Kier molecular flexibility index (Phi) is 5.13. The first-order valence-electron chi connectivity index (χ1n) is 8.58. The molecule has 0 aliphatic carbocycles. The fraction of sp³-hybridized carbons (Fsp3) is 0.400. The number of nitrogens with one attached hydrogen (secondary N) is 1. The Morgan fingerprint density at radius 1 is 1.00 bits per heavy atom. The van der Waals surface area contributed by atoms with Gasteiger partial charge in [-0.1, -0.05) is 6.92 Å². The van der Waals surface area contributed by atoms with Crippen LogP contribution in [-0.2, 0) is 6.42 Å². The van der Waals surface area contributed by atoms with Crippen LogP contribution in [0, 0.1) is 0 Å². The molecule has 2 unspecified atom stereocenters. The summed E-state index contributed by atoms with van der Waals surface area (Å²) < 4.78 is 16.3. The highest BCUT2D eigenvalue weighted by molar-refractivity contribution is 5.55. The number of rotatable bonds is 5. The van der Waals surface area contributed by atoms with Crippen LogP contribution in [0.2, 0.25) is 0 Å². The molecular formula is C20H25NO5. The largest absolute Gasteiger partial charge is 0.508 e. The Hall–Kier alpha value is -2.60. The Morgan fingerprint density at radius 2 is 1.65 bits per heavy atom. The molecule has 140 valence electrons. The van der Waals surface area contributed by atoms with Crippen molar-refractivity contribution in [2.45, 2.75) is 25.3 Å². The average Bonchev–Trinajstić information content (AvgIpc) is 2.65. The topological polar surface area (TPSA) is 80.2 Å². The van der Waals surface area contributed by atoms with Gasteiger partial charge in [0.25, 0.3) is 0 Å². The number of phenols is 2. The number of aromatic hydroxyl groups is 2. The van der Waals surface area contributed by atoms with Gasteiger partial charge in [-0.05, 0) is 42.3 Å². The minimum atomic E-state index is -0.0560. The third kappa shape index (κ3) is 3.12. The maximum absolute atomic E-state index is 10.2. The number of benzene rings is 2. The smallest absolute Gasteiger partial charge is 0.203 e. The van der Waals surface area contributed by atoms with Gasteiger partial charge in [0.15, 0.2) is 11.5 Å². The predicted molar refractivity (Wildman–Crippen MR) is 98.7 cm³/mol. The Bertz CT molecular complexity index is 780. The standard InChI is InChI=1S/C20H25NO5/c1-11(12-7-17(24-2)20(26-4)18(8-12)25-3)19-15-9-13(22)10-16(23)14(15)5-6-21-19/h7-11,19,21-23H,5-6H2,1-4H3. The number of hydrogen-bond acceptors (Lipinski definition) is 6. The van der Waals surface area contributed by atoms with Crippen molar-refractivity contribution >= 4 is 0 Å². The quantitative estimate of drug-likeness (QED) is 0.761. The first-order valence-corrected chi connectivity index (χ1v) is 8.58. The summed E-state index contributed by atoms with van der Waals surface area (Å²) in [5.74, 6) is 2.00. The average molecular weight is 359 g/mol. The number of methoxy groups -OCH3 is 3. The van der Waals surface area contributed by atoms with Crippen molar-refractivity contribution in [3.8, 4) is 28.7 Å². The third-order valence-corrected chi connectivity index (χ3v) is 5.03. The highest BCUT2D eigenvalue weighted by Gasteiger charge is 2.29. The second kappa shape index (κ2) is 7.33. The van der Waals surface area contributed by atoms with Gasteiger partial charge in [0, 0.05) is 23.6 Å². The summed E-state index contributed by atoms with van der Waals surface area (Å²) in [6.45, 7) is 2.85. The van der Waals surface area contributed by atoms with Crippen LogP contribution in [0.25, 0.3) is 0 Å². The predicted octanol–water partition coefficient (Wildman–Crippen LogP) is 3.11. The Labute approximate surface area is 153 Å². The van der Waals surface area contributed by atoms with Crippen molar-refractivity contribution in [1.29, 1.82) is 0 Å². The maximum atomic E-state index is 10.2. The lowest BCUT2D eigenvalue weighted by Gasteiger charge is -2.32. The molecule has 6 nitrogen and oxygen atoms in total. The van der Waals surface area contributed by atoms with Gasteiger partial charge < -0.3 is 29.7 Å². The van der Waals surface area contributed by atoms with Crippen molar-refractivity contribution < 1.29 is 24.4 Å². The van der Waals surface area contributed by atoms with E-state index >= 15 is 0 Å². The zero-order valence-corrected chi connectivity index (χ0v) is 15.5. The van der Waals surface area contributed by atoms with E-state index in [0.29, 0.717) is 17.2 Å². The van der Waals surface area contributed by atoms with Gasteiger partial charge >= 0.3 is 0 Å². The molecule has 0 bridgehead atoms. The van der Waals surface area contributed by atoms with Crippen molar-refractivity contribution in [3.63, 3.8) is 0 Å². The molecule has 2 atom stereocenters. The lowest BCUT2D eigenvalue weighted by atomic mass is 9.83. The highest BCUT2D eigenvalue weighted by Crippen LogP contribution is 2.44. The molecule has 1 aliphatic heterocycles. The van der Waals surface area contributed by atoms with Gasteiger partial charge in [0.05, 0.1) is 21.3 Å². The number of ether oxygens (including phenoxy) is 3. The van der Waals surface area contributed by atoms with E-state index in [9.17, 15) is 10.2 Å². The number of fused-ring (bicyclic) bond motifs is 1. The van der Waals surface area contributed by atoms with Gasteiger partial charge in [-0.2, -0.15) is 0 Å². The van der Waals surface area contributed by atoms with Gasteiger partial charge in [0.2, 0.25) is 5.75 Å². The molecule has 0 saturated heterocycles. The van der Waals surface area contributed by atoms with Crippen LogP contribution >= 0.6 is 0 Å². The molecule has 0 fully saturated rings. The SMILES string of the molecule is COc1cc(C(C)C2NCCc3c(O)cc(O)cc32)cc(OC)c1OC. The summed E-state index contributed by atoms with van der Waals surface area (Å²) in [7, 11) is 4.76. The van der Waals surface area contributed by atoms with E-state index < -0.39 is 0 Å². The molecule has 0 aromatic heterocycles. The van der Waals surface area contributed by atoms with Crippen LogP contribution in [-0.4, -0.2) is 38.1 Å². The molecule has 2 aromatic carbocycles. The summed E-state index contributed by atoms with van der Waals surface area (Å²) >= 11 is 0. The fourth-order valence-electron chi connectivity index (χ4n) is 3.68. The lowest BCUT2D eigenvalue weighted by Crippen LogP contribution is -2.33. The van der Waals surface area contributed by atoms with Crippen LogP contribution in [0.1, 0.15) is 35.6 Å². The first kappa shape index (κ1) is 18.2. The van der Waals surface area contributed by atoms with E-state index in [2.05, 4.69) is 12.2 Å². The molecule has 2 aromatic rings. The van der Waals surface area contributed by atoms with Crippen molar-refractivity contribution in [2.75, 3.05) is 27.9 Å². The zero-order chi connectivity index (χ0) is 18.8. The molecule has 3 N–H and O–H groups in total. The van der Waals surface area contributed by atoms with Gasteiger partial charge in [-0.3, -0.25) is 0 Å². The molecule has 26 heavy (non-hydrogen) atoms. The second-order valence-corrected chi connectivity index (χ2v) is 6.46. The molecule has 1 heterocycles. The molecule has 0 saturated carbocycles. The molecule has 0 radical (unpaired) electrons. The van der Waals surface area contributed by atoms with E-state index in [1.165, 1.54) is 6.07 Å². The van der Waals surface area contributed by atoms with Gasteiger partial charge in [-0.25, -0.2) is 0 Å². The number of hydrogen-bond donors (Lipinski definition) is 3. The van der Waals surface area contributed by atoms with Crippen molar-refractivity contribution in [2.24, 2.45) is 0 Å². The molecule has 6 heteroatoms. The third-order valence-electron chi connectivity index (χ3n) is 5.03. The summed E-state index contributed by atoms with van der Waals surface area (Å²) in [4.78, 5) is 0. The van der Waals surface area contributed by atoms with E-state index in [1.807, 2.05) is 12.1 Å². The van der Waals surface area contributed by atoms with Crippen LogP contribution < -0.4 is 19.5 Å². The minimum absolute atomic E-state index is 0.0453. The monoisotopic (exact) mass is 359 g/mol. The van der Waals surface area contributed by atoms with Gasteiger partial charge in [0.1, 0.15) is 11.5 Å².